The predicted molar refractivity (Wildman–Crippen MR) is 145 cm³/mol. The summed E-state index contributed by atoms with van der Waals surface area (Å²) in [5, 5.41) is 15.9. The Labute approximate surface area is 210 Å². The van der Waals surface area contributed by atoms with Gasteiger partial charge in [0.25, 0.3) is 0 Å². The summed E-state index contributed by atoms with van der Waals surface area (Å²) >= 11 is 1.48. The van der Waals surface area contributed by atoms with E-state index < -0.39 is 5.56 Å². The number of pyridine rings is 2. The Morgan fingerprint density at radius 2 is 1.86 bits per heavy atom. The van der Waals surface area contributed by atoms with Crippen LogP contribution in [0.1, 0.15) is 25.0 Å². The first kappa shape index (κ1) is 22.5. The Bertz CT molecular complexity index is 1350. The first-order valence-corrected chi connectivity index (χ1v) is 13.3. The molecule has 1 saturated heterocycles. The van der Waals surface area contributed by atoms with Gasteiger partial charge < -0.3 is 15.3 Å². The van der Waals surface area contributed by atoms with Crippen molar-refractivity contribution in [1.29, 1.82) is 0 Å². The first-order chi connectivity index (χ1) is 17.2. The lowest BCUT2D eigenvalue weighted by atomic mass is 9.92. The molecule has 0 aliphatic carbocycles. The number of aliphatic hydroxyl groups is 1. The second-order valence-electron chi connectivity index (χ2n) is 9.60. The van der Waals surface area contributed by atoms with Gasteiger partial charge in [0, 0.05) is 41.0 Å². The molecule has 1 unspecified atom stereocenters. The van der Waals surface area contributed by atoms with E-state index in [-0.39, 0.29) is 0 Å². The van der Waals surface area contributed by atoms with E-state index in [4.69, 9.17) is 9.97 Å². The molecular formula is C29H30N4OS. The highest BCUT2D eigenvalue weighted by molar-refractivity contribution is 8.00. The Kier molecular flexibility index (Phi) is 6.19. The van der Waals surface area contributed by atoms with Crippen molar-refractivity contribution in [1.82, 2.24) is 15.3 Å². The van der Waals surface area contributed by atoms with E-state index in [9.17, 15) is 5.11 Å². The smallest absolute Gasteiger partial charge is 0.180 e. The van der Waals surface area contributed by atoms with Gasteiger partial charge in [-0.25, -0.2) is 0 Å². The molecular weight excluding hydrogens is 452 g/mol. The third-order valence-electron chi connectivity index (χ3n) is 7.37. The average Bonchev–Trinajstić information content (AvgIpc) is 3.20. The fourth-order valence-corrected chi connectivity index (χ4v) is 6.17. The molecule has 0 saturated carbocycles. The molecule has 2 aliphatic rings. The number of rotatable bonds is 5. The molecule has 35 heavy (non-hydrogen) atoms. The van der Waals surface area contributed by atoms with Crippen molar-refractivity contribution in [2.24, 2.45) is 5.92 Å². The third kappa shape index (κ3) is 4.54. The van der Waals surface area contributed by atoms with Crippen LogP contribution in [0.4, 0.5) is 5.69 Å². The van der Waals surface area contributed by atoms with Crippen LogP contribution in [-0.2, 0) is 6.42 Å². The summed E-state index contributed by atoms with van der Waals surface area (Å²) < 4.78 is 0. The second kappa shape index (κ2) is 9.61. The van der Waals surface area contributed by atoms with Crippen LogP contribution in [0.5, 0.6) is 0 Å². The summed E-state index contributed by atoms with van der Waals surface area (Å²) in [4.78, 5) is 12.6. The van der Waals surface area contributed by atoms with E-state index in [0.29, 0.717) is 0 Å². The maximum atomic E-state index is 10.2. The largest absolute Gasteiger partial charge is 0.364 e. The molecule has 5 nitrogen and oxygen atoms in total. The van der Waals surface area contributed by atoms with Crippen molar-refractivity contribution in [3.8, 4) is 22.4 Å². The summed E-state index contributed by atoms with van der Waals surface area (Å²) in [6.45, 7) is 2.30. The Morgan fingerprint density at radius 1 is 1.00 bits per heavy atom. The Balaban J connectivity index is 1.24. The first-order valence-electron chi connectivity index (χ1n) is 12.4. The van der Waals surface area contributed by atoms with Crippen molar-refractivity contribution >= 4 is 28.2 Å². The molecule has 0 amide bonds. The Hall–Kier alpha value is -2.93. The molecule has 0 radical (unpaired) electrons. The second-order valence-corrected chi connectivity index (χ2v) is 10.7. The molecule has 4 heterocycles. The van der Waals surface area contributed by atoms with Crippen molar-refractivity contribution in [3.05, 3.63) is 72.7 Å². The van der Waals surface area contributed by atoms with E-state index >= 15 is 0 Å². The van der Waals surface area contributed by atoms with Crippen LogP contribution in [0.15, 0.2) is 71.9 Å². The van der Waals surface area contributed by atoms with Crippen LogP contribution < -0.4 is 10.2 Å². The number of fused-ring (bicyclic) bond motifs is 2. The van der Waals surface area contributed by atoms with Gasteiger partial charge in [0.1, 0.15) is 0 Å². The molecule has 1 fully saturated rings. The van der Waals surface area contributed by atoms with Crippen molar-refractivity contribution in [3.63, 3.8) is 0 Å². The van der Waals surface area contributed by atoms with Gasteiger partial charge >= 0.3 is 0 Å². The number of nitrogens with zero attached hydrogens (tertiary/aromatic N) is 3. The van der Waals surface area contributed by atoms with Crippen LogP contribution in [0.3, 0.4) is 0 Å². The number of nitrogens with one attached hydrogen (secondary N) is 1. The summed E-state index contributed by atoms with van der Waals surface area (Å²) in [5.41, 5.74) is 5.98. The molecule has 4 aromatic rings. The lowest BCUT2D eigenvalue weighted by Gasteiger charge is -2.22. The van der Waals surface area contributed by atoms with Crippen molar-refractivity contribution in [2.75, 3.05) is 25.0 Å². The van der Waals surface area contributed by atoms with Gasteiger partial charge in [-0.15, -0.1) is 0 Å². The van der Waals surface area contributed by atoms with Crippen LogP contribution in [0, 0.1) is 5.92 Å². The molecule has 0 spiro atoms. The normalized spacial score (nSPS) is 18.2. The lowest BCUT2D eigenvalue weighted by Crippen LogP contribution is -2.27. The third-order valence-corrected chi connectivity index (χ3v) is 8.49. The number of hydrogen-bond donors (Lipinski definition) is 2. The van der Waals surface area contributed by atoms with Gasteiger partial charge in [-0.2, -0.15) is 0 Å². The fourth-order valence-electron chi connectivity index (χ4n) is 5.20. The zero-order valence-electron chi connectivity index (χ0n) is 19.9. The molecule has 2 aromatic carbocycles. The molecule has 2 N–H and O–H groups in total. The van der Waals surface area contributed by atoms with E-state index in [1.165, 1.54) is 36.7 Å². The van der Waals surface area contributed by atoms with Crippen molar-refractivity contribution in [2.45, 2.75) is 36.1 Å². The average molecular weight is 483 g/mol. The van der Waals surface area contributed by atoms with Gasteiger partial charge in [0.2, 0.25) is 0 Å². The number of piperidine rings is 1. The summed E-state index contributed by atoms with van der Waals surface area (Å²) in [5.74, 6) is 0.823. The van der Waals surface area contributed by atoms with Crippen LogP contribution in [-0.4, -0.2) is 40.8 Å². The molecule has 6 heteroatoms. The highest BCUT2D eigenvalue weighted by Gasteiger charge is 2.25. The molecule has 6 rings (SSSR count). The number of aryl methyl sites for hydroxylation is 1. The number of aromatic nitrogens is 2. The summed E-state index contributed by atoms with van der Waals surface area (Å²) in [6.07, 6.45) is 8.78. The van der Waals surface area contributed by atoms with Crippen LogP contribution in [0.25, 0.3) is 33.2 Å². The van der Waals surface area contributed by atoms with Gasteiger partial charge in [-0.3, -0.25) is 9.97 Å². The standard InChI is InChI=1S/C29H30N4OS/c1-33-27-16-21(7-10-28(27)35-29(33)34)24-4-2-3-20-15-26(32-18-25(20)24)22-6-9-23(31-17-22)8-5-19-11-13-30-14-12-19/h2-4,6-7,9-10,15-19,29-30,34H,5,8,11-14H2,1H3. The van der Waals surface area contributed by atoms with Crippen molar-refractivity contribution < 1.29 is 5.11 Å². The fraction of sp³-hybridized carbons (Fsp3) is 0.310. The highest BCUT2D eigenvalue weighted by atomic mass is 32.2. The molecule has 0 bridgehead atoms. The lowest BCUT2D eigenvalue weighted by molar-refractivity contribution is 0.267. The highest BCUT2D eigenvalue weighted by Crippen LogP contribution is 2.44. The zero-order valence-corrected chi connectivity index (χ0v) is 20.8. The van der Waals surface area contributed by atoms with Gasteiger partial charge in [-0.05, 0) is 91.5 Å². The van der Waals surface area contributed by atoms with Crippen LogP contribution in [0.2, 0.25) is 0 Å². The quantitative estimate of drug-likeness (QED) is 0.380. The van der Waals surface area contributed by atoms with E-state index in [1.54, 1.807) is 0 Å². The number of thioether (sulfide) groups is 1. The topological polar surface area (TPSA) is 61.3 Å². The number of hydrogen-bond acceptors (Lipinski definition) is 6. The maximum Gasteiger partial charge on any atom is 0.180 e. The van der Waals surface area contributed by atoms with E-state index in [2.05, 4.69) is 59.9 Å². The Morgan fingerprint density at radius 3 is 2.69 bits per heavy atom. The van der Waals surface area contributed by atoms with Gasteiger partial charge in [-0.1, -0.05) is 36.0 Å². The minimum absolute atomic E-state index is 0.526. The molecule has 1 atom stereocenters. The zero-order chi connectivity index (χ0) is 23.8. The number of aliphatic hydroxyl groups excluding tert-OH is 1. The summed E-state index contributed by atoms with van der Waals surface area (Å²) in [6, 6.07) is 19.2. The SMILES string of the molecule is CN1c2cc(-c3cccc4cc(-c5ccc(CCC6CCNCC6)nc5)ncc34)ccc2SC1O. The molecule has 178 valence electrons. The van der Waals surface area contributed by atoms with Crippen LogP contribution >= 0.6 is 11.8 Å². The van der Waals surface area contributed by atoms with Gasteiger partial charge in [0.05, 0.1) is 11.4 Å². The maximum absolute atomic E-state index is 10.2. The predicted octanol–water partition coefficient (Wildman–Crippen LogP) is 5.71. The molecule has 2 aromatic heterocycles. The monoisotopic (exact) mass is 482 g/mol. The number of benzene rings is 2. The minimum atomic E-state index is -0.526. The molecule has 2 aliphatic heterocycles. The van der Waals surface area contributed by atoms with E-state index in [1.807, 2.05) is 24.3 Å². The van der Waals surface area contributed by atoms with Gasteiger partial charge in [0.15, 0.2) is 5.56 Å². The minimum Gasteiger partial charge on any atom is -0.364 e. The van der Waals surface area contributed by atoms with E-state index in [0.717, 1.165) is 69.2 Å². The summed E-state index contributed by atoms with van der Waals surface area (Å²) in [7, 11) is 1.93. The number of anilines is 1.